The second-order valence-electron chi connectivity index (χ2n) is 3.57. The highest BCUT2D eigenvalue weighted by molar-refractivity contribution is 5.31. The second kappa shape index (κ2) is 5.62. The van der Waals surface area contributed by atoms with Crippen LogP contribution < -0.4 is 5.73 Å². The van der Waals surface area contributed by atoms with E-state index in [0.717, 1.165) is 12.8 Å². The molecule has 0 saturated carbocycles. The first-order valence-electron chi connectivity index (χ1n) is 5.24. The van der Waals surface area contributed by atoms with Crippen molar-refractivity contribution in [1.29, 1.82) is 0 Å². The first-order valence-corrected chi connectivity index (χ1v) is 5.24. The predicted octanol–water partition coefficient (Wildman–Crippen LogP) is 2.64. The van der Waals surface area contributed by atoms with Crippen LogP contribution in [0.1, 0.15) is 44.7 Å². The number of aromatic amines is 1. The highest BCUT2D eigenvalue weighted by Gasteiger charge is 2.08. The van der Waals surface area contributed by atoms with E-state index in [2.05, 4.69) is 17.1 Å². The van der Waals surface area contributed by atoms with Crippen LogP contribution in [0, 0.1) is 5.82 Å². The van der Waals surface area contributed by atoms with Gasteiger partial charge in [-0.1, -0.05) is 32.6 Å². The van der Waals surface area contributed by atoms with Crippen LogP contribution in [0.15, 0.2) is 0 Å². The highest BCUT2D eigenvalue weighted by Crippen LogP contribution is 2.13. The zero-order valence-corrected chi connectivity index (χ0v) is 8.65. The largest absolute Gasteiger partial charge is 0.380 e. The third-order valence-corrected chi connectivity index (χ3v) is 2.33. The second-order valence-corrected chi connectivity index (χ2v) is 3.57. The van der Waals surface area contributed by atoms with Gasteiger partial charge in [-0.15, -0.1) is 0 Å². The van der Waals surface area contributed by atoms with Gasteiger partial charge in [-0.3, -0.25) is 5.10 Å². The standard InChI is InChI=1S/C10H18FN3/c1-2-3-4-5-6-7-8-9(11)10(12)14-13-8/h2-7H2,1H3,(H3,12,13,14). The Morgan fingerprint density at radius 1 is 1.29 bits per heavy atom. The van der Waals surface area contributed by atoms with E-state index >= 15 is 0 Å². The Kier molecular flexibility index (Phi) is 4.43. The molecule has 1 aromatic heterocycles. The van der Waals surface area contributed by atoms with Crippen molar-refractivity contribution >= 4 is 5.82 Å². The van der Waals surface area contributed by atoms with Gasteiger partial charge in [0.1, 0.15) is 0 Å². The number of hydrogen-bond acceptors (Lipinski definition) is 2. The molecule has 80 valence electrons. The van der Waals surface area contributed by atoms with Crippen LogP contribution in [-0.2, 0) is 6.42 Å². The number of aryl methyl sites for hydroxylation is 1. The molecule has 0 aliphatic heterocycles. The predicted molar refractivity (Wildman–Crippen MR) is 55.4 cm³/mol. The van der Waals surface area contributed by atoms with E-state index < -0.39 is 0 Å². The summed E-state index contributed by atoms with van der Waals surface area (Å²) in [5.41, 5.74) is 5.82. The molecule has 14 heavy (non-hydrogen) atoms. The lowest BCUT2D eigenvalue weighted by molar-refractivity contribution is 0.587. The fraction of sp³-hybridized carbons (Fsp3) is 0.700. The first-order chi connectivity index (χ1) is 6.75. The molecule has 0 amide bonds. The number of rotatable bonds is 6. The zero-order valence-electron chi connectivity index (χ0n) is 8.65. The van der Waals surface area contributed by atoms with Crippen molar-refractivity contribution in [2.45, 2.75) is 45.4 Å². The molecular formula is C10H18FN3. The summed E-state index contributed by atoms with van der Waals surface area (Å²) in [6, 6.07) is 0. The van der Waals surface area contributed by atoms with E-state index in [4.69, 9.17) is 5.73 Å². The smallest absolute Gasteiger partial charge is 0.187 e. The maximum atomic E-state index is 13.1. The van der Waals surface area contributed by atoms with Gasteiger partial charge in [0.05, 0.1) is 5.69 Å². The topological polar surface area (TPSA) is 54.7 Å². The fourth-order valence-electron chi connectivity index (χ4n) is 1.45. The molecule has 1 aromatic rings. The minimum Gasteiger partial charge on any atom is -0.380 e. The van der Waals surface area contributed by atoms with Crippen LogP contribution in [0.4, 0.5) is 10.2 Å². The minimum atomic E-state index is -0.375. The molecule has 0 unspecified atom stereocenters. The molecule has 3 N–H and O–H groups in total. The minimum absolute atomic E-state index is 0.0199. The van der Waals surface area contributed by atoms with Crippen molar-refractivity contribution in [2.24, 2.45) is 0 Å². The lowest BCUT2D eigenvalue weighted by Crippen LogP contribution is -1.91. The number of nitrogen functional groups attached to an aromatic ring is 1. The number of anilines is 1. The summed E-state index contributed by atoms with van der Waals surface area (Å²) in [6.45, 7) is 2.18. The summed E-state index contributed by atoms with van der Waals surface area (Å²) in [7, 11) is 0. The Morgan fingerprint density at radius 2 is 2.00 bits per heavy atom. The monoisotopic (exact) mass is 199 g/mol. The van der Waals surface area contributed by atoms with Gasteiger partial charge in [0.15, 0.2) is 11.6 Å². The van der Waals surface area contributed by atoms with E-state index in [-0.39, 0.29) is 11.6 Å². The molecule has 3 nitrogen and oxygen atoms in total. The van der Waals surface area contributed by atoms with Gasteiger partial charge in [0.25, 0.3) is 0 Å². The molecule has 1 heterocycles. The van der Waals surface area contributed by atoms with Gasteiger partial charge in [-0.2, -0.15) is 5.10 Å². The van der Waals surface area contributed by atoms with E-state index in [9.17, 15) is 4.39 Å². The Balaban J connectivity index is 2.21. The Bertz CT molecular complexity index is 270. The normalized spacial score (nSPS) is 10.7. The van der Waals surface area contributed by atoms with Gasteiger partial charge >= 0.3 is 0 Å². The van der Waals surface area contributed by atoms with Gasteiger partial charge in [-0.05, 0) is 12.8 Å². The molecule has 4 heteroatoms. The Morgan fingerprint density at radius 3 is 2.57 bits per heavy atom. The van der Waals surface area contributed by atoms with Crippen LogP contribution >= 0.6 is 0 Å². The quantitative estimate of drug-likeness (QED) is 0.692. The van der Waals surface area contributed by atoms with E-state index in [0.29, 0.717) is 12.1 Å². The van der Waals surface area contributed by atoms with Crippen molar-refractivity contribution in [3.8, 4) is 0 Å². The van der Waals surface area contributed by atoms with E-state index in [1.165, 1.54) is 19.3 Å². The summed E-state index contributed by atoms with van der Waals surface area (Å²) >= 11 is 0. The number of nitrogens with one attached hydrogen (secondary N) is 1. The molecule has 0 atom stereocenters. The molecule has 0 saturated heterocycles. The maximum Gasteiger partial charge on any atom is 0.187 e. The molecule has 0 aliphatic carbocycles. The van der Waals surface area contributed by atoms with Gasteiger partial charge in [-0.25, -0.2) is 4.39 Å². The molecule has 1 rings (SSSR count). The fourth-order valence-corrected chi connectivity index (χ4v) is 1.45. The van der Waals surface area contributed by atoms with Crippen LogP contribution in [0.5, 0.6) is 0 Å². The third kappa shape index (κ3) is 3.01. The van der Waals surface area contributed by atoms with Gasteiger partial charge in [0, 0.05) is 0 Å². The number of hydrogen-bond donors (Lipinski definition) is 2. The van der Waals surface area contributed by atoms with Crippen LogP contribution in [0.2, 0.25) is 0 Å². The molecule has 0 radical (unpaired) electrons. The van der Waals surface area contributed by atoms with Crippen molar-refractivity contribution in [3.05, 3.63) is 11.5 Å². The number of nitrogens with zero attached hydrogens (tertiary/aromatic N) is 1. The number of halogens is 1. The van der Waals surface area contributed by atoms with Crippen molar-refractivity contribution in [3.63, 3.8) is 0 Å². The molecule has 0 aromatic carbocycles. The number of nitrogens with two attached hydrogens (primary N) is 1. The zero-order chi connectivity index (χ0) is 10.4. The average molecular weight is 199 g/mol. The molecule has 0 spiro atoms. The molecular weight excluding hydrogens is 181 g/mol. The number of H-pyrrole nitrogens is 1. The highest BCUT2D eigenvalue weighted by atomic mass is 19.1. The molecule has 0 aliphatic rings. The van der Waals surface area contributed by atoms with Crippen molar-refractivity contribution < 1.29 is 4.39 Å². The van der Waals surface area contributed by atoms with Crippen LogP contribution in [0.25, 0.3) is 0 Å². The van der Waals surface area contributed by atoms with Gasteiger partial charge < -0.3 is 5.73 Å². The molecule has 0 bridgehead atoms. The average Bonchev–Trinajstić information content (AvgIpc) is 2.49. The van der Waals surface area contributed by atoms with Crippen molar-refractivity contribution in [1.82, 2.24) is 10.2 Å². The maximum absolute atomic E-state index is 13.1. The lowest BCUT2D eigenvalue weighted by Gasteiger charge is -1.98. The van der Waals surface area contributed by atoms with Gasteiger partial charge in [0.2, 0.25) is 0 Å². The summed E-state index contributed by atoms with van der Waals surface area (Å²) < 4.78 is 13.1. The Labute approximate surface area is 83.9 Å². The summed E-state index contributed by atoms with van der Waals surface area (Å²) in [6.07, 6.45) is 6.56. The van der Waals surface area contributed by atoms with E-state index in [1.807, 2.05) is 0 Å². The summed E-state index contributed by atoms with van der Waals surface area (Å²) in [5.74, 6) is -0.394. The molecule has 0 fully saturated rings. The van der Waals surface area contributed by atoms with Crippen molar-refractivity contribution in [2.75, 3.05) is 5.73 Å². The number of aromatic nitrogens is 2. The Hall–Kier alpha value is -1.06. The SMILES string of the molecule is CCCCCCCc1[nH]nc(N)c1F. The summed E-state index contributed by atoms with van der Waals surface area (Å²) in [5, 5.41) is 6.22. The van der Waals surface area contributed by atoms with Crippen LogP contribution in [0.3, 0.4) is 0 Å². The third-order valence-electron chi connectivity index (χ3n) is 2.33. The first kappa shape index (κ1) is 11.0. The van der Waals surface area contributed by atoms with Crippen LogP contribution in [-0.4, -0.2) is 10.2 Å². The summed E-state index contributed by atoms with van der Waals surface area (Å²) in [4.78, 5) is 0. The lowest BCUT2D eigenvalue weighted by atomic mass is 10.1. The number of unbranched alkanes of at least 4 members (excludes halogenated alkanes) is 4. The van der Waals surface area contributed by atoms with E-state index in [1.54, 1.807) is 0 Å².